The Bertz CT molecular complexity index is 1030. The number of hydrogen-bond donors (Lipinski definition) is 0. The maximum absolute atomic E-state index is 13.5. The van der Waals surface area contributed by atoms with Crippen LogP contribution in [0.1, 0.15) is 47.6 Å². The van der Waals surface area contributed by atoms with Crippen molar-refractivity contribution in [3.05, 3.63) is 95.1 Å². The summed E-state index contributed by atoms with van der Waals surface area (Å²) in [5.41, 5.74) is 4.61. The molecule has 2 unspecified atom stereocenters. The average molecular weight is 416 g/mol. The Morgan fingerprint density at radius 1 is 0.968 bits per heavy atom. The molecule has 0 radical (unpaired) electrons. The monoisotopic (exact) mass is 415 g/mol. The summed E-state index contributed by atoms with van der Waals surface area (Å²) in [6, 6.07) is 24.4. The molecule has 1 heterocycles. The molecule has 0 spiro atoms. The van der Waals surface area contributed by atoms with Crippen LogP contribution in [0.25, 0.3) is 0 Å². The second-order valence-corrected chi connectivity index (χ2v) is 8.07. The second kappa shape index (κ2) is 9.25. The molecule has 2 atom stereocenters. The zero-order chi connectivity index (χ0) is 21.8. The van der Waals surface area contributed by atoms with Gasteiger partial charge in [0.05, 0.1) is 20.3 Å². The van der Waals surface area contributed by atoms with E-state index in [9.17, 15) is 4.79 Å². The largest absolute Gasteiger partial charge is 0.493 e. The Labute approximate surface area is 184 Å². The molecule has 1 aliphatic heterocycles. The third-order valence-corrected chi connectivity index (χ3v) is 6.16. The number of hydrogen-bond acceptors (Lipinski definition) is 3. The van der Waals surface area contributed by atoms with Crippen molar-refractivity contribution in [3.8, 4) is 11.5 Å². The van der Waals surface area contributed by atoms with Gasteiger partial charge in [-0.15, -0.1) is 0 Å². The molecule has 4 rings (SSSR count). The minimum Gasteiger partial charge on any atom is -0.493 e. The fourth-order valence-electron chi connectivity index (χ4n) is 4.49. The van der Waals surface area contributed by atoms with Gasteiger partial charge in [-0.2, -0.15) is 0 Å². The van der Waals surface area contributed by atoms with Crippen LogP contribution in [0.15, 0.2) is 72.8 Å². The van der Waals surface area contributed by atoms with E-state index in [1.54, 1.807) is 14.2 Å². The Morgan fingerprint density at radius 2 is 1.58 bits per heavy atom. The summed E-state index contributed by atoms with van der Waals surface area (Å²) in [6.07, 6.45) is 1.28. The van der Waals surface area contributed by atoms with E-state index in [-0.39, 0.29) is 17.9 Å². The molecule has 4 nitrogen and oxygen atoms in total. The highest BCUT2D eigenvalue weighted by Gasteiger charge is 2.33. The van der Waals surface area contributed by atoms with Crippen molar-refractivity contribution in [2.75, 3.05) is 20.8 Å². The number of carbonyl (C=O) groups excluding carboxylic acids is 1. The minimum absolute atomic E-state index is 0.139. The molecule has 0 aliphatic carbocycles. The lowest BCUT2D eigenvalue weighted by Gasteiger charge is -2.38. The minimum atomic E-state index is -0.139. The van der Waals surface area contributed by atoms with Crippen LogP contribution in [-0.4, -0.2) is 31.6 Å². The highest BCUT2D eigenvalue weighted by atomic mass is 16.5. The van der Waals surface area contributed by atoms with Crippen LogP contribution in [0.4, 0.5) is 0 Å². The summed E-state index contributed by atoms with van der Waals surface area (Å²) in [7, 11) is 3.30. The lowest BCUT2D eigenvalue weighted by atomic mass is 9.86. The van der Waals surface area contributed by atoms with E-state index in [4.69, 9.17) is 9.47 Å². The number of ether oxygens (including phenoxy) is 2. The normalized spacial score (nSPS) is 16.4. The van der Waals surface area contributed by atoms with Gasteiger partial charge in [0.15, 0.2) is 11.5 Å². The number of fused-ring (bicyclic) bond motifs is 1. The van der Waals surface area contributed by atoms with Crippen molar-refractivity contribution < 1.29 is 14.3 Å². The fraction of sp³-hybridized carbons (Fsp3) is 0.296. The van der Waals surface area contributed by atoms with Crippen molar-refractivity contribution >= 4 is 5.91 Å². The molecule has 0 N–H and O–H groups in total. The number of nitrogens with zero attached hydrogens (tertiary/aromatic N) is 1. The molecule has 1 amide bonds. The number of rotatable bonds is 6. The molecular weight excluding hydrogens is 386 g/mol. The van der Waals surface area contributed by atoms with Crippen LogP contribution in [0.3, 0.4) is 0 Å². The fourth-order valence-corrected chi connectivity index (χ4v) is 4.49. The van der Waals surface area contributed by atoms with Gasteiger partial charge in [-0.05, 0) is 46.7 Å². The zero-order valence-corrected chi connectivity index (χ0v) is 18.4. The van der Waals surface area contributed by atoms with Gasteiger partial charge >= 0.3 is 0 Å². The first-order chi connectivity index (χ1) is 15.1. The van der Waals surface area contributed by atoms with Gasteiger partial charge in [0, 0.05) is 13.0 Å². The smallest absolute Gasteiger partial charge is 0.223 e. The highest BCUT2D eigenvalue weighted by Crippen LogP contribution is 2.41. The number of amides is 1. The molecule has 4 heteroatoms. The zero-order valence-electron chi connectivity index (χ0n) is 18.4. The number of benzene rings is 3. The Balaban J connectivity index is 1.70. The van der Waals surface area contributed by atoms with Crippen LogP contribution in [0.5, 0.6) is 11.5 Å². The van der Waals surface area contributed by atoms with Gasteiger partial charge in [0.2, 0.25) is 5.91 Å². The molecular formula is C27H29NO3. The topological polar surface area (TPSA) is 38.8 Å². The van der Waals surface area contributed by atoms with Gasteiger partial charge in [-0.3, -0.25) is 4.79 Å². The Morgan fingerprint density at radius 3 is 2.23 bits per heavy atom. The maximum Gasteiger partial charge on any atom is 0.223 e. The van der Waals surface area contributed by atoms with Crippen molar-refractivity contribution in [3.63, 3.8) is 0 Å². The van der Waals surface area contributed by atoms with Crippen molar-refractivity contribution in [1.29, 1.82) is 0 Å². The molecule has 160 valence electrons. The maximum atomic E-state index is 13.5. The van der Waals surface area contributed by atoms with Gasteiger partial charge in [-0.25, -0.2) is 0 Å². The van der Waals surface area contributed by atoms with Gasteiger partial charge in [0.25, 0.3) is 0 Å². The van der Waals surface area contributed by atoms with Crippen molar-refractivity contribution in [2.45, 2.75) is 31.7 Å². The van der Waals surface area contributed by atoms with E-state index in [2.05, 4.69) is 37.3 Å². The first-order valence-electron chi connectivity index (χ1n) is 10.8. The Kier molecular flexibility index (Phi) is 6.26. The molecule has 3 aromatic rings. The lowest BCUT2D eigenvalue weighted by molar-refractivity contribution is -0.133. The third kappa shape index (κ3) is 4.29. The van der Waals surface area contributed by atoms with Crippen LogP contribution in [0.2, 0.25) is 0 Å². The van der Waals surface area contributed by atoms with E-state index >= 15 is 0 Å². The average Bonchev–Trinajstić information content (AvgIpc) is 2.83. The summed E-state index contributed by atoms with van der Waals surface area (Å²) < 4.78 is 11.1. The second-order valence-electron chi connectivity index (χ2n) is 8.07. The molecule has 0 fully saturated rings. The van der Waals surface area contributed by atoms with E-state index in [1.807, 2.05) is 47.4 Å². The molecule has 0 aromatic heterocycles. The van der Waals surface area contributed by atoms with Crippen LogP contribution in [0, 0.1) is 0 Å². The SMILES string of the molecule is COc1cc2c(cc1OC)C(c1ccccc1)N(C(=O)CC(C)c1ccccc1)CC2. The first kappa shape index (κ1) is 21.0. The van der Waals surface area contributed by atoms with E-state index in [1.165, 1.54) is 11.1 Å². The highest BCUT2D eigenvalue weighted by molar-refractivity contribution is 5.79. The number of methoxy groups -OCH3 is 2. The summed E-state index contributed by atoms with van der Waals surface area (Å²) in [5.74, 6) is 1.75. The molecule has 31 heavy (non-hydrogen) atoms. The molecule has 0 saturated heterocycles. The lowest BCUT2D eigenvalue weighted by Crippen LogP contribution is -2.41. The van der Waals surface area contributed by atoms with Crippen LogP contribution >= 0.6 is 0 Å². The molecule has 0 bridgehead atoms. The van der Waals surface area contributed by atoms with E-state index in [0.29, 0.717) is 18.7 Å². The summed E-state index contributed by atoms with van der Waals surface area (Å²) in [6.45, 7) is 2.80. The quantitative estimate of drug-likeness (QED) is 0.543. The van der Waals surface area contributed by atoms with Crippen LogP contribution in [-0.2, 0) is 11.2 Å². The van der Waals surface area contributed by atoms with Crippen molar-refractivity contribution in [2.24, 2.45) is 0 Å². The van der Waals surface area contributed by atoms with Gasteiger partial charge in [-0.1, -0.05) is 67.6 Å². The standard InChI is InChI=1S/C27H29NO3/c1-19(20-10-6-4-7-11-20)16-26(29)28-15-14-22-17-24(30-2)25(31-3)18-23(22)27(28)21-12-8-5-9-13-21/h4-13,17-19,27H,14-16H2,1-3H3. The Hall–Kier alpha value is -3.27. The summed E-state index contributed by atoms with van der Waals surface area (Å²) >= 11 is 0. The van der Waals surface area contributed by atoms with Crippen molar-refractivity contribution in [1.82, 2.24) is 4.90 Å². The summed E-state index contributed by atoms with van der Waals surface area (Å²) in [5, 5.41) is 0. The predicted molar refractivity (Wildman–Crippen MR) is 123 cm³/mol. The first-order valence-corrected chi connectivity index (χ1v) is 10.8. The molecule has 3 aromatic carbocycles. The molecule has 1 aliphatic rings. The predicted octanol–water partition coefficient (Wildman–Crippen LogP) is 5.37. The van der Waals surface area contributed by atoms with E-state index < -0.39 is 0 Å². The van der Waals surface area contributed by atoms with Gasteiger partial charge in [0.1, 0.15) is 0 Å². The van der Waals surface area contributed by atoms with Crippen LogP contribution < -0.4 is 9.47 Å². The summed E-state index contributed by atoms with van der Waals surface area (Å²) in [4.78, 5) is 15.6. The van der Waals surface area contributed by atoms with E-state index in [0.717, 1.165) is 23.3 Å². The number of carbonyl (C=O) groups is 1. The third-order valence-electron chi connectivity index (χ3n) is 6.16. The molecule has 0 saturated carbocycles. The van der Waals surface area contributed by atoms with Gasteiger partial charge < -0.3 is 14.4 Å².